The highest BCUT2D eigenvalue weighted by atomic mass is 16.5. The average molecular weight is 209 g/mol. The zero-order valence-corrected chi connectivity index (χ0v) is 9.44. The first-order valence-electron chi connectivity index (χ1n) is 5.40. The van der Waals surface area contributed by atoms with E-state index in [0.29, 0.717) is 5.88 Å². The summed E-state index contributed by atoms with van der Waals surface area (Å²) < 4.78 is 5.12. The largest absolute Gasteiger partial charge is 0.480 e. The van der Waals surface area contributed by atoms with Gasteiger partial charge in [0.1, 0.15) is 5.69 Å². The molecule has 0 fully saturated rings. The Morgan fingerprint density at radius 2 is 2.07 bits per heavy atom. The molecular formula is C11H19N3O. The van der Waals surface area contributed by atoms with Crippen LogP contribution < -0.4 is 10.5 Å². The maximum absolute atomic E-state index is 6.03. The summed E-state index contributed by atoms with van der Waals surface area (Å²) in [6, 6.07) is -0.0693. The smallest absolute Gasteiger partial charge is 0.236 e. The highest BCUT2D eigenvalue weighted by Crippen LogP contribution is 2.21. The summed E-state index contributed by atoms with van der Waals surface area (Å²) in [4.78, 5) is 8.30. The highest BCUT2D eigenvalue weighted by molar-refractivity contribution is 5.20. The molecule has 1 aromatic rings. The second kappa shape index (κ2) is 6.35. The van der Waals surface area contributed by atoms with E-state index in [-0.39, 0.29) is 6.04 Å². The fourth-order valence-electron chi connectivity index (χ4n) is 1.50. The van der Waals surface area contributed by atoms with Gasteiger partial charge in [0.25, 0.3) is 0 Å². The van der Waals surface area contributed by atoms with Crippen LogP contribution >= 0.6 is 0 Å². The van der Waals surface area contributed by atoms with Crippen LogP contribution in [0.4, 0.5) is 0 Å². The van der Waals surface area contributed by atoms with Gasteiger partial charge in [0.15, 0.2) is 0 Å². The summed E-state index contributed by atoms with van der Waals surface area (Å²) >= 11 is 0. The van der Waals surface area contributed by atoms with Crippen molar-refractivity contribution in [3.05, 3.63) is 18.1 Å². The van der Waals surface area contributed by atoms with Crippen molar-refractivity contribution in [3.8, 4) is 5.88 Å². The van der Waals surface area contributed by atoms with E-state index in [0.717, 1.165) is 18.5 Å². The number of rotatable bonds is 6. The summed E-state index contributed by atoms with van der Waals surface area (Å²) in [5.41, 5.74) is 6.79. The predicted molar refractivity (Wildman–Crippen MR) is 59.7 cm³/mol. The van der Waals surface area contributed by atoms with Gasteiger partial charge in [-0.2, -0.15) is 0 Å². The Balaban J connectivity index is 2.59. The van der Waals surface area contributed by atoms with Crippen molar-refractivity contribution in [3.63, 3.8) is 0 Å². The van der Waals surface area contributed by atoms with E-state index >= 15 is 0 Å². The van der Waals surface area contributed by atoms with E-state index in [1.165, 1.54) is 12.8 Å². The first-order chi connectivity index (χ1) is 7.29. The van der Waals surface area contributed by atoms with E-state index in [4.69, 9.17) is 10.5 Å². The topological polar surface area (TPSA) is 61.0 Å². The normalized spacial score (nSPS) is 12.5. The van der Waals surface area contributed by atoms with Crippen LogP contribution in [0.1, 0.15) is 44.3 Å². The number of methoxy groups -OCH3 is 1. The van der Waals surface area contributed by atoms with E-state index in [1.807, 2.05) is 0 Å². The first kappa shape index (κ1) is 11.9. The molecule has 0 amide bonds. The molecule has 1 atom stereocenters. The minimum atomic E-state index is -0.0693. The van der Waals surface area contributed by atoms with Crippen molar-refractivity contribution < 1.29 is 4.74 Å². The molecule has 0 aliphatic heterocycles. The number of hydrogen-bond acceptors (Lipinski definition) is 4. The van der Waals surface area contributed by atoms with Crippen molar-refractivity contribution in [2.45, 2.75) is 38.6 Å². The van der Waals surface area contributed by atoms with Gasteiger partial charge in [0.2, 0.25) is 5.88 Å². The molecule has 1 unspecified atom stereocenters. The van der Waals surface area contributed by atoms with Crippen molar-refractivity contribution >= 4 is 0 Å². The quantitative estimate of drug-likeness (QED) is 0.728. The zero-order valence-electron chi connectivity index (χ0n) is 9.44. The Kier molecular flexibility index (Phi) is 5.04. The molecule has 4 nitrogen and oxygen atoms in total. The molecular weight excluding hydrogens is 190 g/mol. The van der Waals surface area contributed by atoms with Crippen LogP contribution in [0.5, 0.6) is 5.88 Å². The molecule has 0 radical (unpaired) electrons. The summed E-state index contributed by atoms with van der Waals surface area (Å²) in [7, 11) is 1.59. The van der Waals surface area contributed by atoms with Crippen LogP contribution in [-0.4, -0.2) is 17.1 Å². The number of aromatic nitrogens is 2. The summed E-state index contributed by atoms with van der Waals surface area (Å²) in [5, 5.41) is 0. The molecule has 1 aromatic heterocycles. The molecule has 4 heteroatoms. The molecule has 0 spiro atoms. The molecule has 84 valence electrons. The molecule has 0 aliphatic rings. The van der Waals surface area contributed by atoms with Gasteiger partial charge in [-0.3, -0.25) is 4.98 Å². The lowest BCUT2D eigenvalue weighted by Gasteiger charge is -2.12. The third-order valence-corrected chi connectivity index (χ3v) is 2.35. The third-order valence-electron chi connectivity index (χ3n) is 2.35. The zero-order chi connectivity index (χ0) is 11.1. The monoisotopic (exact) mass is 209 g/mol. The molecule has 1 rings (SSSR count). The summed E-state index contributed by atoms with van der Waals surface area (Å²) in [6.07, 6.45) is 7.72. The molecule has 0 aliphatic carbocycles. The molecule has 1 heterocycles. The maximum Gasteiger partial charge on any atom is 0.236 e. The van der Waals surface area contributed by atoms with Crippen LogP contribution in [-0.2, 0) is 0 Å². The fraction of sp³-hybridized carbons (Fsp3) is 0.636. The van der Waals surface area contributed by atoms with Crippen LogP contribution in [0.2, 0.25) is 0 Å². The van der Waals surface area contributed by atoms with Gasteiger partial charge in [-0.25, -0.2) is 4.98 Å². The molecule has 15 heavy (non-hydrogen) atoms. The Morgan fingerprint density at radius 1 is 1.33 bits per heavy atom. The summed E-state index contributed by atoms with van der Waals surface area (Å²) in [5.74, 6) is 0.543. The average Bonchev–Trinajstić information content (AvgIpc) is 2.29. The van der Waals surface area contributed by atoms with Gasteiger partial charge < -0.3 is 10.5 Å². The van der Waals surface area contributed by atoms with E-state index in [9.17, 15) is 0 Å². The van der Waals surface area contributed by atoms with Crippen LogP contribution in [0.15, 0.2) is 12.4 Å². The second-order valence-corrected chi connectivity index (χ2v) is 3.55. The highest BCUT2D eigenvalue weighted by Gasteiger charge is 2.13. The van der Waals surface area contributed by atoms with Crippen molar-refractivity contribution in [1.29, 1.82) is 0 Å². The van der Waals surface area contributed by atoms with E-state index in [1.54, 1.807) is 19.5 Å². The van der Waals surface area contributed by atoms with Crippen LogP contribution in [0, 0.1) is 0 Å². The van der Waals surface area contributed by atoms with Crippen molar-refractivity contribution in [2.24, 2.45) is 5.73 Å². The second-order valence-electron chi connectivity index (χ2n) is 3.55. The Morgan fingerprint density at radius 3 is 2.73 bits per heavy atom. The lowest BCUT2D eigenvalue weighted by molar-refractivity contribution is 0.381. The SMILES string of the molecule is CCCCCC(N)c1nccnc1OC. The molecule has 0 saturated heterocycles. The molecule has 2 N–H and O–H groups in total. The lowest BCUT2D eigenvalue weighted by atomic mass is 10.1. The van der Waals surface area contributed by atoms with Gasteiger partial charge in [0, 0.05) is 12.4 Å². The lowest BCUT2D eigenvalue weighted by Crippen LogP contribution is -2.14. The Hall–Kier alpha value is -1.16. The fourth-order valence-corrected chi connectivity index (χ4v) is 1.50. The Bertz CT molecular complexity index is 291. The van der Waals surface area contributed by atoms with Crippen molar-refractivity contribution in [1.82, 2.24) is 9.97 Å². The standard InChI is InChI=1S/C11H19N3O/c1-3-4-5-6-9(12)10-11(15-2)14-8-7-13-10/h7-9H,3-6,12H2,1-2H3. The Labute approximate surface area is 90.9 Å². The van der Waals surface area contributed by atoms with Gasteiger partial charge in [-0.15, -0.1) is 0 Å². The summed E-state index contributed by atoms with van der Waals surface area (Å²) in [6.45, 7) is 2.18. The first-order valence-corrected chi connectivity index (χ1v) is 5.40. The molecule has 0 aromatic carbocycles. The minimum Gasteiger partial charge on any atom is -0.480 e. The van der Waals surface area contributed by atoms with Crippen LogP contribution in [0.25, 0.3) is 0 Å². The van der Waals surface area contributed by atoms with E-state index < -0.39 is 0 Å². The number of nitrogens with zero attached hydrogens (tertiary/aromatic N) is 2. The van der Waals surface area contributed by atoms with E-state index in [2.05, 4.69) is 16.9 Å². The predicted octanol–water partition coefficient (Wildman–Crippen LogP) is 2.07. The van der Waals surface area contributed by atoms with Gasteiger partial charge in [0.05, 0.1) is 13.2 Å². The number of nitrogens with two attached hydrogens (primary N) is 1. The van der Waals surface area contributed by atoms with Gasteiger partial charge in [-0.05, 0) is 6.42 Å². The molecule has 0 bridgehead atoms. The van der Waals surface area contributed by atoms with Crippen LogP contribution in [0.3, 0.4) is 0 Å². The van der Waals surface area contributed by atoms with Gasteiger partial charge >= 0.3 is 0 Å². The number of unbranched alkanes of at least 4 members (excludes halogenated alkanes) is 2. The maximum atomic E-state index is 6.03. The number of hydrogen-bond donors (Lipinski definition) is 1. The number of ether oxygens (including phenoxy) is 1. The van der Waals surface area contributed by atoms with Crippen molar-refractivity contribution in [2.75, 3.05) is 7.11 Å². The third kappa shape index (κ3) is 3.47. The molecule has 0 saturated carbocycles. The minimum absolute atomic E-state index is 0.0693. The van der Waals surface area contributed by atoms with Gasteiger partial charge in [-0.1, -0.05) is 26.2 Å².